The number of esters is 1. The normalized spacial score (nSPS) is 22.4. The van der Waals surface area contributed by atoms with Crippen molar-refractivity contribution in [1.29, 1.82) is 21.0 Å². The van der Waals surface area contributed by atoms with Crippen molar-refractivity contribution in [3.05, 3.63) is 83.9 Å². The molecule has 2 aromatic rings. The van der Waals surface area contributed by atoms with Crippen LogP contribution in [-0.4, -0.2) is 12.6 Å². The minimum Gasteiger partial charge on any atom is -0.463 e. The molecular weight excluding hydrogens is 412 g/mol. The Bertz CT molecular complexity index is 1180. The van der Waals surface area contributed by atoms with E-state index in [1.165, 1.54) is 0 Å². The van der Waals surface area contributed by atoms with Crippen molar-refractivity contribution in [2.24, 2.45) is 16.7 Å². The topological polar surface area (TPSA) is 121 Å². The second-order valence-electron chi connectivity index (χ2n) is 8.03. The minimum absolute atomic E-state index is 0.00806. The van der Waals surface area contributed by atoms with Crippen LogP contribution in [0.3, 0.4) is 0 Å². The Morgan fingerprint density at radius 2 is 1.39 bits per heavy atom. The highest BCUT2D eigenvalue weighted by molar-refractivity contribution is 5.89. The smallest absolute Gasteiger partial charge is 0.333 e. The largest absolute Gasteiger partial charge is 0.463 e. The van der Waals surface area contributed by atoms with Gasteiger partial charge < -0.3 is 4.74 Å². The van der Waals surface area contributed by atoms with E-state index in [4.69, 9.17) is 4.74 Å². The molecule has 0 saturated heterocycles. The van der Waals surface area contributed by atoms with Crippen molar-refractivity contribution in [2.45, 2.75) is 25.2 Å². The molecule has 1 fully saturated rings. The Morgan fingerprint density at radius 3 is 1.85 bits per heavy atom. The van der Waals surface area contributed by atoms with Gasteiger partial charge in [-0.1, -0.05) is 67.2 Å². The molecule has 1 saturated carbocycles. The first-order chi connectivity index (χ1) is 16.0. The number of carbonyl (C=O) groups excluding carboxylic acids is 1. The highest BCUT2D eigenvalue weighted by Crippen LogP contribution is 2.64. The molecule has 3 rings (SSSR count). The van der Waals surface area contributed by atoms with Crippen LogP contribution in [0.2, 0.25) is 0 Å². The number of hydrogen-bond acceptors (Lipinski definition) is 6. The number of rotatable bonds is 5. The van der Waals surface area contributed by atoms with Crippen molar-refractivity contribution >= 4 is 5.97 Å². The van der Waals surface area contributed by atoms with Gasteiger partial charge >= 0.3 is 5.97 Å². The van der Waals surface area contributed by atoms with Gasteiger partial charge in [-0.25, -0.2) is 4.79 Å². The molecule has 0 aromatic heterocycles. The van der Waals surface area contributed by atoms with E-state index >= 15 is 0 Å². The zero-order valence-electron chi connectivity index (χ0n) is 18.2. The fraction of sp³-hybridized carbons (Fsp3) is 0.296. The van der Waals surface area contributed by atoms with Gasteiger partial charge in [-0.05, 0) is 24.5 Å². The molecule has 0 N–H and O–H groups in total. The number of nitrogens with zero attached hydrogens (tertiary/aromatic N) is 4. The molecule has 0 radical (unpaired) electrons. The van der Waals surface area contributed by atoms with Gasteiger partial charge in [0.15, 0.2) is 10.8 Å². The first kappa shape index (κ1) is 23.3. The van der Waals surface area contributed by atoms with Crippen LogP contribution in [0, 0.1) is 62.1 Å². The van der Waals surface area contributed by atoms with Crippen molar-refractivity contribution in [2.75, 3.05) is 6.61 Å². The van der Waals surface area contributed by atoms with E-state index in [0.717, 1.165) is 0 Å². The van der Waals surface area contributed by atoms with Crippen LogP contribution in [0.4, 0.5) is 0 Å². The molecular formula is C27H22N4O2. The molecule has 6 nitrogen and oxygen atoms in total. The number of nitriles is 4. The van der Waals surface area contributed by atoms with Gasteiger partial charge in [0, 0.05) is 23.3 Å². The van der Waals surface area contributed by atoms with Crippen LogP contribution in [0.15, 0.2) is 72.8 Å². The minimum atomic E-state index is -1.89. The lowest BCUT2D eigenvalue weighted by atomic mass is 9.45. The second-order valence-corrected chi connectivity index (χ2v) is 8.03. The van der Waals surface area contributed by atoms with Crippen LogP contribution in [0.1, 0.15) is 36.3 Å². The molecule has 0 bridgehead atoms. The van der Waals surface area contributed by atoms with Gasteiger partial charge in [-0.15, -0.1) is 0 Å². The molecule has 3 atom stereocenters. The van der Waals surface area contributed by atoms with E-state index in [1.807, 2.05) is 18.2 Å². The van der Waals surface area contributed by atoms with Gasteiger partial charge in [-0.3, -0.25) is 0 Å². The van der Waals surface area contributed by atoms with Crippen molar-refractivity contribution < 1.29 is 9.53 Å². The summed E-state index contributed by atoms with van der Waals surface area (Å²) < 4.78 is 5.14. The maximum atomic E-state index is 12.7. The highest BCUT2D eigenvalue weighted by atomic mass is 16.5. The molecule has 162 valence electrons. The fourth-order valence-electron chi connectivity index (χ4n) is 5.03. The predicted molar refractivity (Wildman–Crippen MR) is 120 cm³/mol. The van der Waals surface area contributed by atoms with Gasteiger partial charge in [0.2, 0.25) is 0 Å². The number of ether oxygens (including phenoxy) is 1. The Hall–Kier alpha value is -4.39. The first-order valence-corrected chi connectivity index (χ1v) is 10.6. The van der Waals surface area contributed by atoms with Gasteiger partial charge in [0.05, 0.1) is 30.9 Å². The third-order valence-electron chi connectivity index (χ3n) is 6.51. The molecule has 6 heteroatoms. The summed E-state index contributed by atoms with van der Waals surface area (Å²) in [5.74, 6) is -3.44. The summed E-state index contributed by atoms with van der Waals surface area (Å²) in [6.07, 6.45) is 0.0488. The van der Waals surface area contributed by atoms with Gasteiger partial charge in [0.25, 0.3) is 0 Å². The number of hydrogen-bond donors (Lipinski definition) is 0. The Morgan fingerprint density at radius 1 is 0.909 bits per heavy atom. The van der Waals surface area contributed by atoms with E-state index in [0.29, 0.717) is 11.1 Å². The lowest BCUT2D eigenvalue weighted by Gasteiger charge is -2.50. The maximum Gasteiger partial charge on any atom is 0.333 e. The van der Waals surface area contributed by atoms with Crippen LogP contribution in [0.25, 0.3) is 0 Å². The Kier molecular flexibility index (Phi) is 6.63. The average molecular weight is 434 g/mol. The highest BCUT2D eigenvalue weighted by Gasteiger charge is 2.66. The van der Waals surface area contributed by atoms with Gasteiger partial charge in [0.1, 0.15) is 0 Å². The summed E-state index contributed by atoms with van der Waals surface area (Å²) in [7, 11) is 0. The molecule has 0 heterocycles. The SMILES string of the molecule is C=C(C(=O)OCC)[C@H]1C[C@@H](c2ccccc2)C(C#N)(C#N)[C@@H](c2ccccc2)C1(C#N)C#N. The molecule has 0 aliphatic heterocycles. The maximum absolute atomic E-state index is 12.7. The van der Waals surface area contributed by atoms with Crippen LogP contribution in [0.5, 0.6) is 0 Å². The molecule has 33 heavy (non-hydrogen) atoms. The zero-order chi connectivity index (χ0) is 24.1. The zero-order valence-corrected chi connectivity index (χ0v) is 18.2. The van der Waals surface area contributed by atoms with E-state index in [9.17, 15) is 25.8 Å². The van der Waals surface area contributed by atoms with E-state index in [2.05, 4.69) is 30.9 Å². The Labute approximate surface area is 193 Å². The second kappa shape index (κ2) is 9.40. The van der Waals surface area contributed by atoms with Crippen LogP contribution >= 0.6 is 0 Å². The molecule has 1 aliphatic rings. The van der Waals surface area contributed by atoms with E-state index in [1.54, 1.807) is 49.4 Å². The quantitative estimate of drug-likeness (QED) is 0.494. The van der Waals surface area contributed by atoms with Crippen molar-refractivity contribution in [3.8, 4) is 24.3 Å². The van der Waals surface area contributed by atoms with Gasteiger partial charge in [-0.2, -0.15) is 21.0 Å². The lowest BCUT2D eigenvalue weighted by molar-refractivity contribution is -0.139. The van der Waals surface area contributed by atoms with Crippen molar-refractivity contribution in [1.82, 2.24) is 0 Å². The average Bonchev–Trinajstić information content (AvgIpc) is 2.88. The Balaban J connectivity index is 2.38. The third-order valence-corrected chi connectivity index (χ3v) is 6.51. The molecule has 0 amide bonds. The van der Waals surface area contributed by atoms with E-state index in [-0.39, 0.29) is 18.6 Å². The third kappa shape index (κ3) is 3.63. The standard InChI is InChI=1S/C27H22N4O2/c1-3-33-25(32)19(2)22-14-23(20-10-6-4-7-11-20)27(17-30,18-31)24(26(22,15-28)16-29)21-12-8-5-9-13-21/h4-13,22-24H,2-3,14H2,1H3/t22-,23+,24+/m1/s1. The van der Waals surface area contributed by atoms with Crippen LogP contribution < -0.4 is 0 Å². The number of benzene rings is 2. The summed E-state index contributed by atoms with van der Waals surface area (Å²) in [5, 5.41) is 41.7. The van der Waals surface area contributed by atoms with E-state index < -0.39 is 34.6 Å². The lowest BCUT2D eigenvalue weighted by Crippen LogP contribution is -2.52. The fourth-order valence-corrected chi connectivity index (χ4v) is 5.03. The summed E-state index contributed by atoms with van der Waals surface area (Å²) >= 11 is 0. The summed E-state index contributed by atoms with van der Waals surface area (Å²) in [4.78, 5) is 12.7. The monoisotopic (exact) mass is 434 g/mol. The summed E-state index contributed by atoms with van der Waals surface area (Å²) in [5.41, 5.74) is -2.41. The molecule has 2 aromatic carbocycles. The number of carbonyl (C=O) groups is 1. The van der Waals surface area contributed by atoms with Crippen molar-refractivity contribution in [3.63, 3.8) is 0 Å². The predicted octanol–water partition coefficient (Wildman–Crippen LogP) is 4.76. The molecule has 0 spiro atoms. The first-order valence-electron chi connectivity index (χ1n) is 10.6. The summed E-state index contributed by atoms with van der Waals surface area (Å²) in [6.45, 7) is 5.67. The van der Waals surface area contributed by atoms with Crippen LogP contribution in [-0.2, 0) is 9.53 Å². The molecule has 0 unspecified atom stereocenters. The summed E-state index contributed by atoms with van der Waals surface area (Å²) in [6, 6.07) is 26.3. The molecule has 1 aliphatic carbocycles.